The molecule has 84 heavy (non-hydrogen) atoms. The molecule has 0 N–H and O–H groups in total. The van der Waals surface area contributed by atoms with E-state index < -0.39 is 0 Å². The molecular weight excluding hydrogens is 1010 g/mol. The van der Waals surface area contributed by atoms with Crippen molar-refractivity contribution in [2.24, 2.45) is 0 Å². The van der Waals surface area contributed by atoms with Gasteiger partial charge in [-0.05, 0) is 195 Å². The molecule has 0 atom stereocenters. The van der Waals surface area contributed by atoms with E-state index in [9.17, 15) is 0 Å². The Bertz CT molecular complexity index is 4690. The van der Waals surface area contributed by atoms with Gasteiger partial charge in [0.15, 0.2) is 0 Å². The first kappa shape index (κ1) is 50.9. The highest BCUT2D eigenvalue weighted by Gasteiger charge is 2.22. The zero-order valence-electron chi connectivity index (χ0n) is 48.5. The van der Waals surface area contributed by atoms with Crippen LogP contribution in [-0.4, -0.2) is 9.13 Å². The number of fused-ring (bicyclic) bond motifs is 8. The standard InChI is InChI=1S/C82H64N2/c1-81(2,3)63-37-27-53(28-38-63)57-33-43-75-69(47-57)71-49-61(35-45-77(71)83(75)65-23-15-9-16-24-65)59-31-41-67-73(51-59)79(55-19-11-7-12-20-55)68-42-32-60(52-74(68)80(67)56-21-13-8-14-22-56)62-36-46-78-72(50-62)70-48-58(54-29-39-64(40-30-54)82(4,5)6)34-44-76(70)84(78)66-25-17-10-18-26-66/h7-52H,1-6H3. The average Bonchev–Trinajstić information content (AvgIpc) is 1.79. The molecule has 2 aromatic heterocycles. The van der Waals surface area contributed by atoms with Gasteiger partial charge in [-0.25, -0.2) is 0 Å². The molecule has 15 aromatic rings. The number of aromatic nitrogens is 2. The predicted octanol–water partition coefficient (Wildman–Crippen LogP) is 22.8. The number of para-hydroxylation sites is 2. The van der Waals surface area contributed by atoms with Crippen LogP contribution in [0.4, 0.5) is 0 Å². The van der Waals surface area contributed by atoms with Crippen LogP contribution >= 0.6 is 0 Å². The molecule has 0 fully saturated rings. The maximum atomic E-state index is 2.46. The Balaban J connectivity index is 0.916. The van der Waals surface area contributed by atoms with Gasteiger partial charge < -0.3 is 9.13 Å². The molecule has 0 spiro atoms. The minimum Gasteiger partial charge on any atom is -0.309 e. The zero-order valence-corrected chi connectivity index (χ0v) is 48.5. The zero-order chi connectivity index (χ0) is 56.8. The molecule has 0 radical (unpaired) electrons. The largest absolute Gasteiger partial charge is 0.309 e. The van der Waals surface area contributed by atoms with Crippen molar-refractivity contribution in [1.29, 1.82) is 0 Å². The summed E-state index contributed by atoms with van der Waals surface area (Å²) < 4.78 is 4.85. The van der Waals surface area contributed by atoms with Gasteiger partial charge in [0, 0.05) is 32.9 Å². The Morgan fingerprint density at radius 2 is 0.452 bits per heavy atom. The molecule has 0 bridgehead atoms. The van der Waals surface area contributed by atoms with Crippen LogP contribution in [0.5, 0.6) is 0 Å². The summed E-state index contributed by atoms with van der Waals surface area (Å²) in [5.74, 6) is 0. The van der Waals surface area contributed by atoms with E-state index in [1.54, 1.807) is 0 Å². The first-order valence-corrected chi connectivity index (χ1v) is 29.6. The second kappa shape index (κ2) is 19.9. The quantitative estimate of drug-likeness (QED) is 0.134. The first-order chi connectivity index (χ1) is 40.9. The monoisotopic (exact) mass is 1080 g/mol. The molecule has 2 nitrogen and oxygen atoms in total. The van der Waals surface area contributed by atoms with Crippen molar-refractivity contribution in [3.8, 4) is 78.1 Å². The molecule has 0 aliphatic heterocycles. The minimum absolute atomic E-state index is 0.0868. The predicted molar refractivity (Wildman–Crippen MR) is 360 cm³/mol. The van der Waals surface area contributed by atoms with E-state index in [2.05, 4.69) is 330 Å². The second-order valence-corrected chi connectivity index (χ2v) is 24.9. The molecule has 0 amide bonds. The summed E-state index contributed by atoms with van der Waals surface area (Å²) >= 11 is 0. The number of nitrogens with zero attached hydrogens (tertiary/aromatic N) is 2. The van der Waals surface area contributed by atoms with Crippen LogP contribution in [0.2, 0.25) is 0 Å². The molecule has 0 saturated heterocycles. The molecule has 402 valence electrons. The summed E-state index contributed by atoms with van der Waals surface area (Å²) in [5, 5.41) is 9.83. The Labute approximate surface area is 492 Å². The highest BCUT2D eigenvalue weighted by atomic mass is 15.0. The fourth-order valence-electron chi connectivity index (χ4n) is 13.2. The third-order valence-electron chi connectivity index (χ3n) is 17.6. The van der Waals surface area contributed by atoms with Crippen molar-refractivity contribution >= 4 is 65.2 Å². The first-order valence-electron chi connectivity index (χ1n) is 29.6. The van der Waals surface area contributed by atoms with Gasteiger partial charge in [0.2, 0.25) is 0 Å². The summed E-state index contributed by atoms with van der Waals surface area (Å²) in [6.45, 7) is 13.7. The maximum absolute atomic E-state index is 2.46. The third kappa shape index (κ3) is 8.72. The Hall–Kier alpha value is -10.0. The Morgan fingerprint density at radius 1 is 0.202 bits per heavy atom. The van der Waals surface area contributed by atoms with Crippen molar-refractivity contribution in [2.75, 3.05) is 0 Å². The summed E-state index contributed by atoms with van der Waals surface area (Å²) in [4.78, 5) is 0. The maximum Gasteiger partial charge on any atom is 0.0541 e. The lowest BCUT2D eigenvalue weighted by molar-refractivity contribution is 0.590. The van der Waals surface area contributed by atoms with Crippen LogP contribution in [-0.2, 0) is 10.8 Å². The van der Waals surface area contributed by atoms with Crippen LogP contribution in [0, 0.1) is 0 Å². The van der Waals surface area contributed by atoms with Crippen molar-refractivity contribution in [1.82, 2.24) is 9.13 Å². The van der Waals surface area contributed by atoms with E-state index in [1.165, 1.54) is 143 Å². The van der Waals surface area contributed by atoms with E-state index in [0.717, 1.165) is 11.4 Å². The van der Waals surface area contributed by atoms with Crippen molar-refractivity contribution < 1.29 is 0 Å². The fourth-order valence-corrected chi connectivity index (χ4v) is 13.2. The molecular formula is C82H64N2. The molecule has 0 aliphatic carbocycles. The number of hydrogen-bond donors (Lipinski definition) is 0. The third-order valence-corrected chi connectivity index (χ3v) is 17.6. The van der Waals surface area contributed by atoms with E-state index in [0.29, 0.717) is 0 Å². The average molecular weight is 1080 g/mol. The minimum atomic E-state index is 0.0868. The van der Waals surface area contributed by atoms with Crippen LogP contribution in [0.1, 0.15) is 52.7 Å². The number of hydrogen-bond acceptors (Lipinski definition) is 0. The molecule has 0 unspecified atom stereocenters. The van der Waals surface area contributed by atoms with E-state index >= 15 is 0 Å². The van der Waals surface area contributed by atoms with Crippen LogP contribution in [0.3, 0.4) is 0 Å². The van der Waals surface area contributed by atoms with E-state index in [4.69, 9.17) is 0 Å². The topological polar surface area (TPSA) is 9.86 Å². The lowest BCUT2D eigenvalue weighted by Crippen LogP contribution is -2.10. The smallest absolute Gasteiger partial charge is 0.0541 e. The van der Waals surface area contributed by atoms with Gasteiger partial charge >= 0.3 is 0 Å². The molecule has 0 saturated carbocycles. The molecule has 15 rings (SSSR count). The van der Waals surface area contributed by atoms with Crippen molar-refractivity contribution in [2.45, 2.75) is 52.4 Å². The molecule has 0 aliphatic rings. The Kier molecular flexibility index (Phi) is 12.0. The normalized spacial score (nSPS) is 12.2. The van der Waals surface area contributed by atoms with Crippen molar-refractivity contribution in [3.05, 3.63) is 290 Å². The highest BCUT2D eigenvalue weighted by molar-refractivity contribution is 6.23. The SMILES string of the molecule is CC(C)(C)c1ccc(-c2ccc3c(c2)c2cc(-c4ccc5c(-c6ccccc6)c6cc(-c7ccc8c(c7)c7cc(-c9ccc(C(C)(C)C)cc9)ccc7n8-c7ccccc7)ccc6c(-c6ccccc6)c5c4)ccc2n3-c2ccccc2)cc1. The van der Waals surface area contributed by atoms with Crippen LogP contribution in [0.25, 0.3) is 143 Å². The lowest BCUT2D eigenvalue weighted by atomic mass is 9.84. The summed E-state index contributed by atoms with van der Waals surface area (Å²) in [7, 11) is 0. The summed E-state index contributed by atoms with van der Waals surface area (Å²) in [5.41, 5.74) is 24.4. The second-order valence-electron chi connectivity index (χ2n) is 24.9. The molecule has 2 heteroatoms. The van der Waals surface area contributed by atoms with Gasteiger partial charge in [0.1, 0.15) is 0 Å². The van der Waals surface area contributed by atoms with Gasteiger partial charge in [-0.2, -0.15) is 0 Å². The fraction of sp³-hybridized carbons (Fsp3) is 0.0976. The van der Waals surface area contributed by atoms with Gasteiger partial charge in [0.05, 0.1) is 22.1 Å². The van der Waals surface area contributed by atoms with Gasteiger partial charge in [-0.3, -0.25) is 0 Å². The van der Waals surface area contributed by atoms with E-state index in [-0.39, 0.29) is 10.8 Å². The lowest BCUT2D eigenvalue weighted by Gasteiger charge is -2.20. The Morgan fingerprint density at radius 3 is 0.750 bits per heavy atom. The summed E-state index contributed by atoms with van der Waals surface area (Å²) in [6.07, 6.45) is 0. The number of rotatable bonds is 8. The van der Waals surface area contributed by atoms with Gasteiger partial charge in [0.25, 0.3) is 0 Å². The van der Waals surface area contributed by atoms with Gasteiger partial charge in [-0.1, -0.05) is 236 Å². The molecule has 13 aromatic carbocycles. The van der Waals surface area contributed by atoms with Crippen LogP contribution < -0.4 is 0 Å². The summed E-state index contributed by atoms with van der Waals surface area (Å²) in [6, 6.07) is 104. The molecule has 2 heterocycles. The van der Waals surface area contributed by atoms with Crippen LogP contribution in [0.15, 0.2) is 279 Å². The number of benzene rings is 13. The highest BCUT2D eigenvalue weighted by Crippen LogP contribution is 2.48. The van der Waals surface area contributed by atoms with E-state index in [1.807, 2.05) is 0 Å². The van der Waals surface area contributed by atoms with Crippen molar-refractivity contribution in [3.63, 3.8) is 0 Å². The van der Waals surface area contributed by atoms with Gasteiger partial charge in [-0.15, -0.1) is 0 Å².